The molecule has 0 aliphatic rings. The molecule has 0 bridgehead atoms. The van der Waals surface area contributed by atoms with E-state index in [1.165, 1.54) is 84.8 Å². The van der Waals surface area contributed by atoms with Gasteiger partial charge in [0.25, 0.3) is 0 Å². The van der Waals surface area contributed by atoms with Crippen molar-refractivity contribution < 1.29 is 12.4 Å². The van der Waals surface area contributed by atoms with Gasteiger partial charge >= 0.3 is 0 Å². The molecule has 0 nitrogen and oxygen atoms in total. The van der Waals surface area contributed by atoms with Gasteiger partial charge in [-0.3, -0.25) is 0 Å². The fourth-order valence-electron chi connectivity index (χ4n) is 5.32. The Morgan fingerprint density at radius 2 is 0.811 bits per heavy atom. The maximum atomic E-state index is 2.39. The van der Waals surface area contributed by atoms with Gasteiger partial charge in [-0.05, 0) is 60.4 Å². The number of hydrogen-bond donors (Lipinski definition) is 0. The fourth-order valence-corrected chi connectivity index (χ4v) is 9.56. The molecule has 0 radical (unpaired) electrons. The van der Waals surface area contributed by atoms with E-state index in [0.29, 0.717) is 0 Å². The summed E-state index contributed by atoms with van der Waals surface area (Å²) in [5, 5.41) is 4.35. The molecule has 0 aliphatic heterocycles. The predicted octanol–water partition coefficient (Wildman–Crippen LogP) is 5.87. The van der Waals surface area contributed by atoms with Crippen LogP contribution in [0.4, 0.5) is 0 Å². The topological polar surface area (TPSA) is 0 Å². The van der Waals surface area contributed by atoms with Gasteiger partial charge in [-0.15, -0.1) is 0 Å². The normalized spacial score (nSPS) is 11.2. The molecule has 0 fully saturated rings. The summed E-state index contributed by atoms with van der Waals surface area (Å²) in [5.41, 5.74) is 2.91. The molecule has 0 heterocycles. The van der Waals surface area contributed by atoms with E-state index >= 15 is 0 Å². The van der Waals surface area contributed by atoms with Gasteiger partial charge in [-0.25, -0.2) is 0 Å². The lowest BCUT2D eigenvalue weighted by molar-refractivity contribution is -0.00000727. The lowest BCUT2D eigenvalue weighted by Crippen LogP contribution is -3.00. The highest BCUT2D eigenvalue weighted by atomic mass is 35.5. The molecule has 0 atom stereocenters. The third-order valence-electron chi connectivity index (χ3n) is 7.35. The monoisotopic (exact) mass is 528 g/mol. The first-order valence-electron chi connectivity index (χ1n) is 14.0. The van der Waals surface area contributed by atoms with Crippen molar-refractivity contribution in [3.05, 3.63) is 126 Å². The van der Waals surface area contributed by atoms with Crippen LogP contribution in [0.5, 0.6) is 0 Å². The predicted molar refractivity (Wildman–Crippen MR) is 162 cm³/mol. The van der Waals surface area contributed by atoms with Crippen molar-refractivity contribution in [2.45, 2.75) is 70.9 Å². The van der Waals surface area contributed by atoms with Crippen LogP contribution in [-0.4, -0.2) is 0 Å². The minimum Gasteiger partial charge on any atom is -1.00 e. The SMILES string of the molecule is CCCCCCCCCCc1ccc(C[P+](c2ccccc2)(c2ccccc2)c2ccccc2)cc1.[Cl-]. The second-order valence-corrected chi connectivity index (χ2v) is 13.5. The van der Waals surface area contributed by atoms with Gasteiger partial charge in [0.05, 0.1) is 6.16 Å². The Balaban J connectivity index is 0.00000380. The third-order valence-corrected chi connectivity index (χ3v) is 11.7. The number of benzene rings is 4. The molecular weight excluding hydrogens is 487 g/mol. The lowest BCUT2D eigenvalue weighted by Gasteiger charge is -2.28. The summed E-state index contributed by atoms with van der Waals surface area (Å²) in [6.45, 7) is 2.29. The van der Waals surface area contributed by atoms with Crippen molar-refractivity contribution in [2.24, 2.45) is 0 Å². The van der Waals surface area contributed by atoms with Crippen molar-refractivity contribution in [3.63, 3.8) is 0 Å². The molecule has 37 heavy (non-hydrogen) atoms. The summed E-state index contributed by atoms with van der Waals surface area (Å²) < 4.78 is 0. The molecule has 0 spiro atoms. The number of rotatable bonds is 14. The first-order chi connectivity index (χ1) is 17.8. The molecule has 0 aliphatic carbocycles. The summed E-state index contributed by atoms with van der Waals surface area (Å²) in [7, 11) is -1.83. The highest BCUT2D eigenvalue weighted by Crippen LogP contribution is 2.58. The maximum absolute atomic E-state index is 2.39. The molecule has 4 aromatic carbocycles. The largest absolute Gasteiger partial charge is 1.00 e. The average molecular weight is 529 g/mol. The van der Waals surface area contributed by atoms with Crippen LogP contribution in [0.25, 0.3) is 0 Å². The molecule has 2 heteroatoms. The number of unbranched alkanes of at least 4 members (excludes halogenated alkanes) is 7. The molecule has 194 valence electrons. The highest BCUT2D eigenvalue weighted by molar-refractivity contribution is 7.95. The number of hydrogen-bond acceptors (Lipinski definition) is 0. The van der Waals surface area contributed by atoms with Crippen molar-refractivity contribution in [2.75, 3.05) is 0 Å². The van der Waals surface area contributed by atoms with Crippen molar-refractivity contribution in [1.29, 1.82) is 0 Å². The minimum absolute atomic E-state index is 0. The Bertz CT molecular complexity index is 1030. The van der Waals surface area contributed by atoms with Crippen LogP contribution in [0.15, 0.2) is 115 Å². The Kier molecular flexibility index (Phi) is 12.4. The van der Waals surface area contributed by atoms with Gasteiger partial charge in [0, 0.05) is 0 Å². The number of halogens is 1. The summed E-state index contributed by atoms with van der Waals surface area (Å²) >= 11 is 0. The summed E-state index contributed by atoms with van der Waals surface area (Å²) in [4.78, 5) is 0. The first-order valence-corrected chi connectivity index (χ1v) is 15.9. The van der Waals surface area contributed by atoms with Crippen LogP contribution in [0.1, 0.15) is 69.4 Å². The van der Waals surface area contributed by atoms with Crippen molar-refractivity contribution >= 4 is 23.2 Å². The average Bonchev–Trinajstić information content (AvgIpc) is 2.95. The molecule has 0 aromatic heterocycles. The van der Waals surface area contributed by atoms with Crippen LogP contribution in [0.2, 0.25) is 0 Å². The second kappa shape index (κ2) is 15.8. The minimum atomic E-state index is -1.83. The first kappa shape index (κ1) is 29.2. The van der Waals surface area contributed by atoms with E-state index in [-0.39, 0.29) is 12.4 Å². The van der Waals surface area contributed by atoms with Crippen molar-refractivity contribution in [1.82, 2.24) is 0 Å². The Morgan fingerprint density at radius 3 is 1.24 bits per heavy atom. The second-order valence-electron chi connectivity index (χ2n) is 10.0. The van der Waals surface area contributed by atoms with Gasteiger partial charge in [-0.1, -0.05) is 131 Å². The van der Waals surface area contributed by atoms with E-state index in [4.69, 9.17) is 0 Å². The van der Waals surface area contributed by atoms with Crippen LogP contribution < -0.4 is 28.3 Å². The fraction of sp³-hybridized carbons (Fsp3) is 0.314. The molecular formula is C35H42ClP. The van der Waals surface area contributed by atoms with E-state index in [1.807, 2.05) is 0 Å². The number of aryl methyl sites for hydroxylation is 1. The molecule has 0 saturated heterocycles. The quantitative estimate of drug-likeness (QED) is 0.142. The standard InChI is InChI=1S/C35H42P.ClH/c1-2-3-4-5-6-7-8-12-19-31-26-28-32(29-27-31)30-36(33-20-13-9-14-21-33,34-22-15-10-16-23-34)35-24-17-11-18-25-35;/h9-11,13-18,20-29H,2-8,12,19,30H2,1H3;1H/q+1;/p-1. The zero-order valence-corrected chi connectivity index (χ0v) is 24.0. The molecule has 0 saturated carbocycles. The molecule has 0 N–H and O–H groups in total. The maximum Gasteiger partial charge on any atom is 0.116 e. The van der Waals surface area contributed by atoms with Gasteiger partial charge in [0.2, 0.25) is 0 Å². The molecule has 0 amide bonds. The molecule has 4 aromatic rings. The zero-order chi connectivity index (χ0) is 24.9. The third kappa shape index (κ3) is 8.04. The van der Waals surface area contributed by atoms with Crippen molar-refractivity contribution in [3.8, 4) is 0 Å². The zero-order valence-electron chi connectivity index (χ0n) is 22.4. The van der Waals surface area contributed by atoms with E-state index in [1.54, 1.807) is 0 Å². The summed E-state index contributed by atoms with van der Waals surface area (Å²) in [5.74, 6) is 0. The summed E-state index contributed by atoms with van der Waals surface area (Å²) in [6, 6.07) is 43.2. The van der Waals surface area contributed by atoms with Gasteiger partial charge < -0.3 is 12.4 Å². The summed E-state index contributed by atoms with van der Waals surface area (Å²) in [6.07, 6.45) is 13.3. The van der Waals surface area contributed by atoms with E-state index in [0.717, 1.165) is 6.16 Å². The smallest absolute Gasteiger partial charge is 0.116 e. The van der Waals surface area contributed by atoms with Crippen LogP contribution >= 0.6 is 7.26 Å². The van der Waals surface area contributed by atoms with E-state index < -0.39 is 7.26 Å². The van der Waals surface area contributed by atoms with E-state index in [9.17, 15) is 0 Å². The molecule has 4 rings (SSSR count). The molecule has 0 unspecified atom stereocenters. The van der Waals surface area contributed by atoms with Crippen LogP contribution in [-0.2, 0) is 12.6 Å². The van der Waals surface area contributed by atoms with Gasteiger partial charge in [0.1, 0.15) is 23.2 Å². The highest BCUT2D eigenvalue weighted by Gasteiger charge is 2.45. The van der Waals surface area contributed by atoms with Crippen LogP contribution in [0, 0.1) is 0 Å². The van der Waals surface area contributed by atoms with Crippen LogP contribution in [0.3, 0.4) is 0 Å². The Labute approximate surface area is 232 Å². The Morgan fingerprint density at radius 1 is 0.432 bits per heavy atom. The lowest BCUT2D eigenvalue weighted by atomic mass is 10.0. The van der Waals surface area contributed by atoms with Gasteiger partial charge in [-0.2, -0.15) is 0 Å². The Hall–Kier alpha value is -2.40. The van der Waals surface area contributed by atoms with Gasteiger partial charge in [0.15, 0.2) is 0 Å². The van der Waals surface area contributed by atoms with E-state index in [2.05, 4.69) is 122 Å².